The van der Waals surface area contributed by atoms with Gasteiger partial charge in [-0.05, 0) is 23.8 Å². The van der Waals surface area contributed by atoms with Crippen LogP contribution in [0.25, 0.3) is 0 Å². The average Bonchev–Trinajstić information content (AvgIpc) is 3.14. The third-order valence-corrected chi connectivity index (χ3v) is 6.09. The van der Waals surface area contributed by atoms with Crippen molar-refractivity contribution in [3.8, 4) is 0 Å². The molecule has 0 aliphatic carbocycles. The van der Waals surface area contributed by atoms with Gasteiger partial charge in [-0.15, -0.1) is 0 Å². The van der Waals surface area contributed by atoms with Gasteiger partial charge in [-0.3, -0.25) is 9.48 Å². The topological polar surface area (TPSA) is 93.1 Å². The lowest BCUT2D eigenvalue weighted by Crippen LogP contribution is -2.28. The SMILES string of the molecule is O=C(CCNS(=O)(=O)c1ccc(Cl)c(C(F)(F)F)c1)Nc1cnn(Cc2ccccc2)c1. The van der Waals surface area contributed by atoms with E-state index in [0.29, 0.717) is 18.3 Å². The predicted octanol–water partition coefficient (Wildman–Crippen LogP) is 3.91. The second-order valence-electron chi connectivity index (χ2n) is 6.75. The van der Waals surface area contributed by atoms with Crippen LogP contribution in [0.1, 0.15) is 17.5 Å². The molecule has 2 N–H and O–H groups in total. The molecule has 0 bridgehead atoms. The highest BCUT2D eigenvalue weighted by Gasteiger charge is 2.34. The minimum absolute atomic E-state index is 0.233. The molecule has 7 nitrogen and oxygen atoms in total. The van der Waals surface area contributed by atoms with E-state index in [1.807, 2.05) is 30.3 Å². The van der Waals surface area contributed by atoms with Crippen LogP contribution in [0.4, 0.5) is 18.9 Å². The number of nitrogens with one attached hydrogen (secondary N) is 2. The zero-order valence-corrected chi connectivity index (χ0v) is 18.0. The van der Waals surface area contributed by atoms with Gasteiger partial charge >= 0.3 is 6.18 Å². The molecule has 12 heteroatoms. The third-order valence-electron chi connectivity index (χ3n) is 4.30. The van der Waals surface area contributed by atoms with Gasteiger partial charge in [0.1, 0.15) is 0 Å². The molecule has 0 aliphatic heterocycles. The maximum absolute atomic E-state index is 12.9. The van der Waals surface area contributed by atoms with Crippen LogP contribution in [0.15, 0.2) is 65.8 Å². The van der Waals surface area contributed by atoms with E-state index in [1.54, 1.807) is 10.9 Å². The number of benzene rings is 2. The second-order valence-corrected chi connectivity index (χ2v) is 8.92. The van der Waals surface area contributed by atoms with E-state index in [4.69, 9.17) is 11.6 Å². The normalized spacial score (nSPS) is 12.0. The first-order valence-corrected chi connectivity index (χ1v) is 11.1. The van der Waals surface area contributed by atoms with Gasteiger partial charge in [-0.25, -0.2) is 13.1 Å². The molecule has 0 radical (unpaired) electrons. The van der Waals surface area contributed by atoms with Crippen molar-refractivity contribution in [3.63, 3.8) is 0 Å². The van der Waals surface area contributed by atoms with Crippen LogP contribution in [-0.2, 0) is 27.5 Å². The molecule has 1 heterocycles. The van der Waals surface area contributed by atoms with Crippen molar-refractivity contribution in [2.45, 2.75) is 24.0 Å². The Morgan fingerprint density at radius 1 is 1.12 bits per heavy atom. The van der Waals surface area contributed by atoms with Gasteiger partial charge in [0.05, 0.1) is 33.9 Å². The van der Waals surface area contributed by atoms with Gasteiger partial charge < -0.3 is 5.32 Å². The molecule has 0 spiro atoms. The first-order chi connectivity index (χ1) is 15.0. The van der Waals surface area contributed by atoms with E-state index in [-0.39, 0.29) is 13.0 Å². The van der Waals surface area contributed by atoms with Crippen LogP contribution >= 0.6 is 11.6 Å². The summed E-state index contributed by atoms with van der Waals surface area (Å²) in [6.45, 7) is 0.202. The Kier molecular flexibility index (Phi) is 7.22. The van der Waals surface area contributed by atoms with Crippen molar-refractivity contribution in [3.05, 3.63) is 77.1 Å². The van der Waals surface area contributed by atoms with Crippen LogP contribution < -0.4 is 10.0 Å². The fourth-order valence-corrected chi connectivity index (χ4v) is 4.06. The third kappa shape index (κ3) is 6.31. The van der Waals surface area contributed by atoms with Gasteiger partial charge in [-0.2, -0.15) is 18.3 Å². The zero-order valence-electron chi connectivity index (χ0n) is 16.4. The maximum atomic E-state index is 12.9. The number of halogens is 4. The summed E-state index contributed by atoms with van der Waals surface area (Å²) in [6, 6.07) is 11.8. The molecular formula is C20H18ClF3N4O3S. The van der Waals surface area contributed by atoms with Crippen molar-refractivity contribution in [2.24, 2.45) is 0 Å². The van der Waals surface area contributed by atoms with Crippen molar-refractivity contribution in [1.82, 2.24) is 14.5 Å². The zero-order chi connectivity index (χ0) is 23.4. The molecule has 0 saturated carbocycles. The van der Waals surface area contributed by atoms with Crippen molar-refractivity contribution < 1.29 is 26.4 Å². The number of alkyl halides is 3. The van der Waals surface area contributed by atoms with E-state index < -0.39 is 37.6 Å². The average molecular weight is 487 g/mol. The Balaban J connectivity index is 1.53. The summed E-state index contributed by atoms with van der Waals surface area (Å²) < 4.78 is 67.1. The molecule has 2 aromatic carbocycles. The molecule has 0 aliphatic rings. The van der Waals surface area contributed by atoms with Gasteiger partial charge in [0.15, 0.2) is 0 Å². The number of nitrogens with zero attached hydrogens (tertiary/aromatic N) is 2. The molecule has 170 valence electrons. The standard InChI is InChI=1S/C20H18ClF3N4O3S/c21-18-7-6-16(10-17(18)20(22,23)24)32(30,31)26-9-8-19(29)27-15-11-25-28(13-15)12-14-4-2-1-3-5-14/h1-7,10-11,13,26H,8-9,12H2,(H,27,29). The summed E-state index contributed by atoms with van der Waals surface area (Å²) in [5, 5.41) is 6.13. The fraction of sp³-hybridized carbons (Fsp3) is 0.200. The van der Waals surface area contributed by atoms with E-state index >= 15 is 0 Å². The van der Waals surface area contributed by atoms with E-state index in [9.17, 15) is 26.4 Å². The molecule has 3 rings (SSSR count). The molecule has 0 fully saturated rings. The lowest BCUT2D eigenvalue weighted by molar-refractivity contribution is -0.137. The minimum Gasteiger partial charge on any atom is -0.323 e. The molecule has 1 aromatic heterocycles. The Labute approximate surface area is 187 Å². The molecule has 1 amide bonds. The first kappa shape index (κ1) is 23.8. The number of carbonyl (C=O) groups is 1. The van der Waals surface area contributed by atoms with Crippen molar-refractivity contribution in [1.29, 1.82) is 0 Å². The minimum atomic E-state index is -4.80. The highest BCUT2D eigenvalue weighted by atomic mass is 35.5. The number of hydrogen-bond acceptors (Lipinski definition) is 4. The summed E-state index contributed by atoms with van der Waals surface area (Å²) in [7, 11) is -4.26. The van der Waals surface area contributed by atoms with E-state index in [1.165, 1.54) is 6.20 Å². The second kappa shape index (κ2) is 9.72. The van der Waals surface area contributed by atoms with Crippen LogP contribution in [0, 0.1) is 0 Å². The maximum Gasteiger partial charge on any atom is 0.417 e. The number of rotatable bonds is 8. The quantitative estimate of drug-likeness (QED) is 0.505. The Morgan fingerprint density at radius 3 is 2.53 bits per heavy atom. The van der Waals surface area contributed by atoms with E-state index in [2.05, 4.69) is 15.1 Å². The molecule has 32 heavy (non-hydrogen) atoms. The summed E-state index contributed by atoms with van der Waals surface area (Å²) in [5.74, 6) is -0.487. The van der Waals surface area contributed by atoms with E-state index in [0.717, 1.165) is 17.7 Å². The molecule has 0 atom stereocenters. The van der Waals surface area contributed by atoms with Crippen LogP contribution in [0.2, 0.25) is 5.02 Å². The van der Waals surface area contributed by atoms with Crippen LogP contribution in [0.5, 0.6) is 0 Å². The lowest BCUT2D eigenvalue weighted by Gasteiger charge is -2.12. The van der Waals surface area contributed by atoms with Crippen molar-refractivity contribution >= 4 is 33.2 Å². The number of carbonyl (C=O) groups excluding carboxylic acids is 1. The fourth-order valence-electron chi connectivity index (χ4n) is 2.78. The number of aromatic nitrogens is 2. The number of anilines is 1. The first-order valence-electron chi connectivity index (χ1n) is 9.27. The van der Waals surface area contributed by atoms with Crippen LogP contribution in [0.3, 0.4) is 0 Å². The highest BCUT2D eigenvalue weighted by Crippen LogP contribution is 2.35. The van der Waals surface area contributed by atoms with Gasteiger partial charge in [-0.1, -0.05) is 41.9 Å². The Bertz CT molecular complexity index is 1200. The Hall–Kier alpha value is -2.89. The van der Waals surface area contributed by atoms with Gasteiger partial charge in [0, 0.05) is 19.2 Å². The smallest absolute Gasteiger partial charge is 0.323 e. The summed E-state index contributed by atoms with van der Waals surface area (Å²) in [4.78, 5) is 11.5. The lowest BCUT2D eigenvalue weighted by atomic mass is 10.2. The number of sulfonamides is 1. The molecular weight excluding hydrogens is 469 g/mol. The predicted molar refractivity (Wildman–Crippen MR) is 113 cm³/mol. The molecule has 0 saturated heterocycles. The monoisotopic (exact) mass is 486 g/mol. The Morgan fingerprint density at radius 2 is 1.84 bits per heavy atom. The molecule has 3 aromatic rings. The highest BCUT2D eigenvalue weighted by molar-refractivity contribution is 7.89. The molecule has 0 unspecified atom stereocenters. The number of amides is 1. The summed E-state index contributed by atoms with van der Waals surface area (Å²) in [5.41, 5.74) is 0.201. The number of hydrogen-bond donors (Lipinski definition) is 2. The summed E-state index contributed by atoms with van der Waals surface area (Å²) in [6.07, 6.45) is -1.95. The largest absolute Gasteiger partial charge is 0.417 e. The van der Waals surface area contributed by atoms with Crippen molar-refractivity contribution in [2.75, 3.05) is 11.9 Å². The van der Waals surface area contributed by atoms with Gasteiger partial charge in [0.2, 0.25) is 15.9 Å². The summed E-state index contributed by atoms with van der Waals surface area (Å²) >= 11 is 5.51. The van der Waals surface area contributed by atoms with Crippen LogP contribution in [-0.4, -0.2) is 30.7 Å². The van der Waals surface area contributed by atoms with Gasteiger partial charge in [0.25, 0.3) is 0 Å².